The Morgan fingerprint density at radius 3 is 1.77 bits per heavy atom. The summed E-state index contributed by atoms with van der Waals surface area (Å²) in [7, 11) is 0.0344. The Labute approximate surface area is 204 Å². The molecule has 1 spiro atoms. The molecule has 2 heteroatoms. The molecule has 8 rings (SSSR count). The van der Waals surface area contributed by atoms with E-state index in [0.29, 0.717) is 0 Å². The zero-order valence-electron chi connectivity index (χ0n) is 19.1. The fourth-order valence-corrected chi connectivity index (χ4v) is 6.96. The van der Waals surface area contributed by atoms with Gasteiger partial charge in [0.15, 0.2) is 0 Å². The van der Waals surface area contributed by atoms with Crippen LogP contribution in [0.25, 0.3) is 43.8 Å². The van der Waals surface area contributed by atoms with Crippen LogP contribution in [0, 0.1) is 0 Å². The summed E-state index contributed by atoms with van der Waals surface area (Å²) in [5, 5.41) is 15.3. The predicted molar refractivity (Wildman–Crippen MR) is 147 cm³/mol. The molecule has 0 aromatic heterocycles. The Morgan fingerprint density at radius 2 is 1.03 bits per heavy atom. The van der Waals surface area contributed by atoms with E-state index in [9.17, 15) is 5.02 Å². The van der Waals surface area contributed by atoms with E-state index in [1.165, 1.54) is 66.1 Å². The van der Waals surface area contributed by atoms with E-state index in [4.69, 9.17) is 0 Å². The Hall–Kier alpha value is -4.14. The van der Waals surface area contributed by atoms with Crippen molar-refractivity contribution in [1.29, 1.82) is 0 Å². The smallest absolute Gasteiger partial charge is 0.304 e. The highest BCUT2D eigenvalue weighted by molar-refractivity contribution is 6.45. The zero-order chi connectivity index (χ0) is 23.1. The van der Waals surface area contributed by atoms with Crippen molar-refractivity contribution in [3.05, 3.63) is 138 Å². The number of fused-ring (bicyclic) bond motifs is 15. The van der Waals surface area contributed by atoms with Crippen LogP contribution < -0.4 is 5.46 Å². The minimum atomic E-state index is -0.424. The molecular weight excluding hydrogens is 423 g/mol. The zero-order valence-corrected chi connectivity index (χ0v) is 19.1. The van der Waals surface area contributed by atoms with Gasteiger partial charge in [-0.15, -0.1) is 0 Å². The lowest BCUT2D eigenvalue weighted by molar-refractivity contribution is 0.615. The van der Waals surface area contributed by atoms with Crippen LogP contribution in [0.1, 0.15) is 22.3 Å². The number of benzene rings is 6. The predicted octanol–water partition coefficient (Wildman–Crippen LogP) is 6.31. The molecule has 1 unspecified atom stereocenters. The van der Waals surface area contributed by atoms with Crippen molar-refractivity contribution >= 4 is 34.5 Å². The van der Waals surface area contributed by atoms with Gasteiger partial charge in [-0.3, -0.25) is 0 Å². The first-order valence-electron chi connectivity index (χ1n) is 12.2. The van der Waals surface area contributed by atoms with Crippen molar-refractivity contribution in [2.24, 2.45) is 0 Å². The average Bonchev–Trinajstić information content (AvgIpc) is 3.40. The molecule has 6 aromatic carbocycles. The monoisotopic (exact) mass is 444 g/mol. The van der Waals surface area contributed by atoms with Crippen molar-refractivity contribution in [1.82, 2.24) is 0 Å². The van der Waals surface area contributed by atoms with Crippen LogP contribution in [-0.4, -0.2) is 12.5 Å². The van der Waals surface area contributed by atoms with Gasteiger partial charge in [0.2, 0.25) is 0 Å². The maximum absolute atomic E-state index is 10.1. The molecule has 0 heterocycles. The molecule has 1 atom stereocenters. The summed E-state index contributed by atoms with van der Waals surface area (Å²) in [6, 6.07) is 42.0. The topological polar surface area (TPSA) is 20.2 Å². The molecular formula is C33H21BO. The highest BCUT2D eigenvalue weighted by Gasteiger charge is 2.52. The van der Waals surface area contributed by atoms with Gasteiger partial charge >= 0.3 is 7.48 Å². The Kier molecular flexibility index (Phi) is 3.68. The molecule has 0 saturated heterocycles. The molecule has 0 aliphatic heterocycles. The number of hydrogen-bond donors (Lipinski definition) is 1. The van der Waals surface area contributed by atoms with E-state index in [1.54, 1.807) is 0 Å². The molecule has 6 aromatic rings. The van der Waals surface area contributed by atoms with Crippen molar-refractivity contribution in [3.63, 3.8) is 0 Å². The quantitative estimate of drug-likeness (QED) is 0.233. The lowest BCUT2D eigenvalue weighted by Gasteiger charge is -2.32. The highest BCUT2D eigenvalue weighted by Crippen LogP contribution is 2.65. The molecule has 0 saturated carbocycles. The van der Waals surface area contributed by atoms with Gasteiger partial charge in [0, 0.05) is 0 Å². The molecule has 1 N–H and O–H groups in total. The van der Waals surface area contributed by atoms with E-state index in [0.717, 1.165) is 5.46 Å². The van der Waals surface area contributed by atoms with Crippen LogP contribution in [0.15, 0.2) is 115 Å². The van der Waals surface area contributed by atoms with Gasteiger partial charge in [-0.25, -0.2) is 0 Å². The third kappa shape index (κ3) is 2.19. The summed E-state index contributed by atoms with van der Waals surface area (Å²) in [5.41, 5.74) is 11.0. The molecule has 35 heavy (non-hydrogen) atoms. The van der Waals surface area contributed by atoms with Gasteiger partial charge < -0.3 is 5.02 Å². The summed E-state index contributed by atoms with van der Waals surface area (Å²) >= 11 is 0. The molecule has 0 radical (unpaired) electrons. The number of rotatable bonds is 1. The van der Waals surface area contributed by atoms with Crippen molar-refractivity contribution < 1.29 is 5.02 Å². The van der Waals surface area contributed by atoms with Crippen LogP contribution in [0.4, 0.5) is 0 Å². The summed E-state index contributed by atoms with van der Waals surface area (Å²) in [6.45, 7) is 0. The van der Waals surface area contributed by atoms with Crippen molar-refractivity contribution in [2.75, 3.05) is 0 Å². The SMILES string of the molecule is OBc1ccc2c(c1)C1(c3ccccc3-2)c2ccccc2-c2c1c1ccccc1c1ccccc21. The van der Waals surface area contributed by atoms with Crippen LogP contribution in [0.3, 0.4) is 0 Å². The lowest BCUT2D eigenvalue weighted by Crippen LogP contribution is -2.28. The van der Waals surface area contributed by atoms with E-state index < -0.39 is 5.41 Å². The van der Waals surface area contributed by atoms with Gasteiger partial charge in [-0.2, -0.15) is 0 Å². The normalized spacial score (nSPS) is 16.8. The fourth-order valence-electron chi connectivity index (χ4n) is 6.96. The summed E-state index contributed by atoms with van der Waals surface area (Å²) in [4.78, 5) is 0. The number of hydrogen-bond acceptors (Lipinski definition) is 1. The summed E-state index contributed by atoms with van der Waals surface area (Å²) in [6.07, 6.45) is 0. The van der Waals surface area contributed by atoms with Crippen LogP contribution in [0.2, 0.25) is 0 Å². The Bertz CT molecular complexity index is 1850. The first-order valence-corrected chi connectivity index (χ1v) is 12.2. The minimum Gasteiger partial charge on any atom is -0.449 e. The molecule has 0 bridgehead atoms. The van der Waals surface area contributed by atoms with E-state index in [-0.39, 0.29) is 7.48 Å². The molecule has 0 fully saturated rings. The fraction of sp³-hybridized carbons (Fsp3) is 0.0303. The largest absolute Gasteiger partial charge is 0.449 e. The van der Waals surface area contributed by atoms with Gasteiger partial charge in [-0.05, 0) is 66.1 Å². The summed E-state index contributed by atoms with van der Waals surface area (Å²) < 4.78 is 0. The van der Waals surface area contributed by atoms with E-state index in [1.807, 2.05) is 0 Å². The Morgan fingerprint density at radius 1 is 0.486 bits per heavy atom. The molecule has 0 amide bonds. The maximum atomic E-state index is 10.1. The van der Waals surface area contributed by atoms with Gasteiger partial charge in [0.05, 0.1) is 5.41 Å². The van der Waals surface area contributed by atoms with Crippen molar-refractivity contribution in [2.45, 2.75) is 5.41 Å². The first-order chi connectivity index (χ1) is 17.3. The Balaban J connectivity index is 1.70. The second kappa shape index (κ2) is 6.72. The summed E-state index contributed by atoms with van der Waals surface area (Å²) in [5.74, 6) is 0. The van der Waals surface area contributed by atoms with Gasteiger partial charge in [0.1, 0.15) is 0 Å². The minimum absolute atomic E-state index is 0.0344. The molecule has 1 nitrogen and oxygen atoms in total. The maximum Gasteiger partial charge on any atom is 0.304 e. The average molecular weight is 444 g/mol. The third-order valence-electron chi connectivity index (χ3n) is 8.20. The lowest BCUT2D eigenvalue weighted by atomic mass is 9.68. The van der Waals surface area contributed by atoms with Crippen LogP contribution >= 0.6 is 0 Å². The second-order valence-electron chi connectivity index (χ2n) is 9.72. The van der Waals surface area contributed by atoms with E-state index in [2.05, 4.69) is 115 Å². The highest BCUT2D eigenvalue weighted by atomic mass is 16.2. The first kappa shape index (κ1) is 19.2. The molecule has 2 aliphatic carbocycles. The van der Waals surface area contributed by atoms with E-state index >= 15 is 0 Å². The standard InChI is InChI=1S/C33H21BO/c35-34-20-17-18-24-23-11-5-7-15-28(23)33(30(24)19-20)29-16-8-6-14-27(29)31-25-12-3-1-9-21(25)22-10-2-4-13-26(22)32(31)33/h1-19,34-35H. The molecule has 162 valence electrons. The second-order valence-corrected chi connectivity index (χ2v) is 9.72. The van der Waals surface area contributed by atoms with Crippen LogP contribution in [-0.2, 0) is 5.41 Å². The molecule has 2 aliphatic rings. The van der Waals surface area contributed by atoms with Crippen LogP contribution in [0.5, 0.6) is 0 Å². The van der Waals surface area contributed by atoms with Gasteiger partial charge in [0.25, 0.3) is 0 Å². The third-order valence-corrected chi connectivity index (χ3v) is 8.20. The van der Waals surface area contributed by atoms with Gasteiger partial charge in [-0.1, -0.05) is 121 Å². The van der Waals surface area contributed by atoms with Crippen molar-refractivity contribution in [3.8, 4) is 22.3 Å².